The molecule has 0 spiro atoms. The average molecular weight is 285 g/mol. The van der Waals surface area contributed by atoms with Crippen molar-refractivity contribution in [2.24, 2.45) is 5.73 Å². The van der Waals surface area contributed by atoms with Gasteiger partial charge >= 0.3 is 0 Å². The van der Waals surface area contributed by atoms with E-state index in [1.807, 2.05) is 26.0 Å². The SMILES string of the molecule is CN(C)CCCN(C)c1c(Cl)cc(N)cc1C(N)=O. The van der Waals surface area contributed by atoms with Gasteiger partial charge in [0.15, 0.2) is 0 Å². The number of rotatable bonds is 6. The summed E-state index contributed by atoms with van der Waals surface area (Å²) in [5.74, 6) is -0.524. The highest BCUT2D eigenvalue weighted by Crippen LogP contribution is 2.31. The number of halogens is 1. The number of primary amides is 1. The highest BCUT2D eigenvalue weighted by atomic mass is 35.5. The van der Waals surface area contributed by atoms with Crippen LogP contribution in [0.5, 0.6) is 0 Å². The Balaban J connectivity index is 2.95. The highest BCUT2D eigenvalue weighted by molar-refractivity contribution is 6.34. The van der Waals surface area contributed by atoms with Gasteiger partial charge in [0.2, 0.25) is 0 Å². The molecule has 0 aromatic heterocycles. The first-order valence-corrected chi connectivity index (χ1v) is 6.45. The molecule has 1 aromatic carbocycles. The summed E-state index contributed by atoms with van der Waals surface area (Å²) in [6, 6.07) is 3.19. The lowest BCUT2D eigenvalue weighted by molar-refractivity contribution is 0.100. The number of carbonyl (C=O) groups excluding carboxylic acids is 1. The van der Waals surface area contributed by atoms with Gasteiger partial charge in [-0.05, 0) is 39.2 Å². The van der Waals surface area contributed by atoms with Crippen LogP contribution in [-0.4, -0.2) is 45.0 Å². The largest absolute Gasteiger partial charge is 0.399 e. The first-order valence-electron chi connectivity index (χ1n) is 6.07. The predicted molar refractivity (Wildman–Crippen MR) is 80.8 cm³/mol. The molecule has 0 bridgehead atoms. The standard InChI is InChI=1S/C13H21ClN4O/c1-17(2)5-4-6-18(3)12-10(13(16)19)7-9(15)8-11(12)14/h7-8H,4-6,15H2,1-3H3,(H2,16,19). The zero-order chi connectivity index (χ0) is 14.6. The minimum Gasteiger partial charge on any atom is -0.399 e. The van der Waals surface area contributed by atoms with Crippen molar-refractivity contribution in [3.63, 3.8) is 0 Å². The third-order valence-electron chi connectivity index (χ3n) is 2.83. The molecule has 5 nitrogen and oxygen atoms in total. The Hall–Kier alpha value is -1.46. The third kappa shape index (κ3) is 4.29. The molecule has 0 saturated heterocycles. The second-order valence-electron chi connectivity index (χ2n) is 4.84. The fourth-order valence-corrected chi connectivity index (χ4v) is 2.30. The molecule has 0 heterocycles. The van der Waals surface area contributed by atoms with Gasteiger partial charge in [0.1, 0.15) is 0 Å². The molecule has 0 aliphatic carbocycles. The summed E-state index contributed by atoms with van der Waals surface area (Å²) in [6.07, 6.45) is 0.961. The first kappa shape index (κ1) is 15.6. The van der Waals surface area contributed by atoms with Crippen LogP contribution in [0.4, 0.5) is 11.4 Å². The van der Waals surface area contributed by atoms with Crippen LogP contribution < -0.4 is 16.4 Å². The lowest BCUT2D eigenvalue weighted by atomic mass is 10.1. The van der Waals surface area contributed by atoms with E-state index in [-0.39, 0.29) is 0 Å². The van der Waals surface area contributed by atoms with Crippen molar-refractivity contribution in [3.05, 3.63) is 22.7 Å². The topological polar surface area (TPSA) is 75.6 Å². The van der Waals surface area contributed by atoms with Crippen LogP contribution in [0, 0.1) is 0 Å². The van der Waals surface area contributed by atoms with Crippen molar-refractivity contribution >= 4 is 28.9 Å². The van der Waals surface area contributed by atoms with E-state index in [1.165, 1.54) is 0 Å². The summed E-state index contributed by atoms with van der Waals surface area (Å²) in [5, 5.41) is 0.446. The monoisotopic (exact) mass is 284 g/mol. The van der Waals surface area contributed by atoms with E-state index in [2.05, 4.69) is 4.90 Å². The Bertz CT molecular complexity index is 462. The summed E-state index contributed by atoms with van der Waals surface area (Å²) in [6.45, 7) is 1.74. The average Bonchev–Trinajstić information content (AvgIpc) is 2.26. The first-order chi connectivity index (χ1) is 8.82. The van der Waals surface area contributed by atoms with Gasteiger partial charge in [0.25, 0.3) is 5.91 Å². The molecule has 0 radical (unpaired) electrons. The Morgan fingerprint density at radius 2 is 1.89 bits per heavy atom. The van der Waals surface area contributed by atoms with Crippen molar-refractivity contribution in [3.8, 4) is 0 Å². The maximum atomic E-state index is 11.5. The molecule has 19 heavy (non-hydrogen) atoms. The number of hydrogen-bond acceptors (Lipinski definition) is 4. The van der Waals surface area contributed by atoms with Gasteiger partial charge in [0, 0.05) is 19.3 Å². The van der Waals surface area contributed by atoms with E-state index in [4.69, 9.17) is 23.1 Å². The van der Waals surface area contributed by atoms with E-state index in [1.54, 1.807) is 12.1 Å². The lowest BCUT2D eigenvalue weighted by Gasteiger charge is -2.24. The number of nitrogens with two attached hydrogens (primary N) is 2. The molecule has 0 saturated carbocycles. The quantitative estimate of drug-likeness (QED) is 0.775. The van der Waals surface area contributed by atoms with Crippen LogP contribution in [0.3, 0.4) is 0 Å². The smallest absolute Gasteiger partial charge is 0.250 e. The summed E-state index contributed by atoms with van der Waals surface area (Å²) in [5.41, 5.74) is 12.5. The van der Waals surface area contributed by atoms with Gasteiger partial charge in [-0.15, -0.1) is 0 Å². The van der Waals surface area contributed by atoms with Crippen molar-refractivity contribution < 1.29 is 4.79 Å². The van der Waals surface area contributed by atoms with Crippen LogP contribution >= 0.6 is 11.6 Å². The molecule has 1 rings (SSSR count). The Labute approximate surface area is 119 Å². The van der Waals surface area contributed by atoms with Gasteiger partial charge in [-0.1, -0.05) is 11.6 Å². The zero-order valence-corrected chi connectivity index (χ0v) is 12.4. The van der Waals surface area contributed by atoms with E-state index in [0.717, 1.165) is 19.5 Å². The Morgan fingerprint density at radius 1 is 1.26 bits per heavy atom. The molecule has 1 amide bonds. The molecule has 0 unspecified atom stereocenters. The Morgan fingerprint density at radius 3 is 2.42 bits per heavy atom. The summed E-state index contributed by atoms with van der Waals surface area (Å²) >= 11 is 6.18. The number of amides is 1. The minimum atomic E-state index is -0.524. The molecule has 0 atom stereocenters. The van der Waals surface area contributed by atoms with Crippen LogP contribution in [0.15, 0.2) is 12.1 Å². The number of nitrogen functional groups attached to an aromatic ring is 1. The number of carbonyl (C=O) groups is 1. The molecule has 1 aromatic rings. The van der Waals surface area contributed by atoms with E-state index in [0.29, 0.717) is 22.0 Å². The molecule has 0 aliphatic rings. The summed E-state index contributed by atoms with van der Waals surface area (Å²) in [7, 11) is 5.93. The summed E-state index contributed by atoms with van der Waals surface area (Å²) < 4.78 is 0. The fourth-order valence-electron chi connectivity index (χ4n) is 1.93. The Kier molecular flexibility index (Phi) is 5.44. The maximum Gasteiger partial charge on any atom is 0.250 e. The van der Waals surface area contributed by atoms with Gasteiger partial charge < -0.3 is 21.3 Å². The second kappa shape index (κ2) is 6.63. The molecule has 0 aliphatic heterocycles. The molecular weight excluding hydrogens is 264 g/mol. The van der Waals surface area contributed by atoms with Crippen LogP contribution in [0.1, 0.15) is 16.8 Å². The fraction of sp³-hybridized carbons (Fsp3) is 0.462. The van der Waals surface area contributed by atoms with Crippen molar-refractivity contribution in [2.75, 3.05) is 44.9 Å². The molecule has 106 valence electrons. The minimum absolute atomic E-state index is 0.359. The zero-order valence-electron chi connectivity index (χ0n) is 11.6. The number of hydrogen-bond donors (Lipinski definition) is 2. The molecule has 4 N–H and O–H groups in total. The van der Waals surface area contributed by atoms with Gasteiger partial charge in [-0.3, -0.25) is 4.79 Å². The van der Waals surface area contributed by atoms with Crippen LogP contribution in [0.2, 0.25) is 5.02 Å². The molecular formula is C13H21ClN4O. The number of nitrogens with zero attached hydrogens (tertiary/aromatic N) is 2. The summed E-state index contributed by atoms with van der Waals surface area (Å²) in [4.78, 5) is 15.5. The lowest BCUT2D eigenvalue weighted by Crippen LogP contribution is -2.26. The van der Waals surface area contributed by atoms with Crippen LogP contribution in [0.25, 0.3) is 0 Å². The van der Waals surface area contributed by atoms with Gasteiger partial charge in [0.05, 0.1) is 16.3 Å². The van der Waals surface area contributed by atoms with Gasteiger partial charge in [-0.2, -0.15) is 0 Å². The van der Waals surface area contributed by atoms with Gasteiger partial charge in [-0.25, -0.2) is 0 Å². The molecule has 0 fully saturated rings. The number of anilines is 2. The van der Waals surface area contributed by atoms with Crippen molar-refractivity contribution in [1.29, 1.82) is 0 Å². The second-order valence-corrected chi connectivity index (χ2v) is 5.25. The highest BCUT2D eigenvalue weighted by Gasteiger charge is 2.16. The maximum absolute atomic E-state index is 11.5. The van der Waals surface area contributed by atoms with E-state index >= 15 is 0 Å². The molecule has 6 heteroatoms. The van der Waals surface area contributed by atoms with E-state index < -0.39 is 5.91 Å². The van der Waals surface area contributed by atoms with Crippen LogP contribution in [-0.2, 0) is 0 Å². The predicted octanol–water partition coefficient (Wildman–Crippen LogP) is 1.41. The van der Waals surface area contributed by atoms with Crippen molar-refractivity contribution in [1.82, 2.24) is 4.90 Å². The van der Waals surface area contributed by atoms with Crippen molar-refractivity contribution in [2.45, 2.75) is 6.42 Å². The normalized spacial score (nSPS) is 10.8. The number of benzene rings is 1. The van der Waals surface area contributed by atoms with E-state index in [9.17, 15) is 4.79 Å². The third-order valence-corrected chi connectivity index (χ3v) is 3.12.